The number of aryl methyl sites for hydroxylation is 1. The molecular weight excluding hydrogens is 282 g/mol. The first kappa shape index (κ1) is 14.1. The Morgan fingerprint density at radius 2 is 2.00 bits per heavy atom. The third-order valence-corrected chi connectivity index (χ3v) is 3.86. The standard InChI is InChI=1S/C17H18ClN3/c1-11(2)13-6-4-5-7-15(13)21-16(9-18)20-14-8-12(3)10-19-17(14)21/h4-8,10-11H,9H2,1-3H3. The van der Waals surface area contributed by atoms with Crippen molar-refractivity contribution >= 4 is 22.8 Å². The van der Waals surface area contributed by atoms with Crippen LogP contribution in [0.25, 0.3) is 16.9 Å². The molecule has 0 aliphatic rings. The largest absolute Gasteiger partial charge is 0.279 e. The highest BCUT2D eigenvalue weighted by atomic mass is 35.5. The fourth-order valence-corrected chi connectivity index (χ4v) is 2.81. The third-order valence-electron chi connectivity index (χ3n) is 3.62. The van der Waals surface area contributed by atoms with Gasteiger partial charge in [-0.1, -0.05) is 32.0 Å². The van der Waals surface area contributed by atoms with E-state index in [0.29, 0.717) is 11.8 Å². The number of rotatable bonds is 3. The Kier molecular flexibility index (Phi) is 3.68. The number of pyridine rings is 1. The van der Waals surface area contributed by atoms with Gasteiger partial charge in [-0.15, -0.1) is 11.6 Å². The molecule has 3 nitrogen and oxygen atoms in total. The zero-order valence-electron chi connectivity index (χ0n) is 12.5. The molecule has 1 aromatic carbocycles. The lowest BCUT2D eigenvalue weighted by Gasteiger charge is -2.15. The van der Waals surface area contributed by atoms with Crippen LogP contribution < -0.4 is 0 Å². The van der Waals surface area contributed by atoms with E-state index in [1.807, 2.05) is 25.3 Å². The number of hydrogen-bond acceptors (Lipinski definition) is 2. The van der Waals surface area contributed by atoms with Gasteiger partial charge < -0.3 is 0 Å². The molecule has 0 fully saturated rings. The van der Waals surface area contributed by atoms with Gasteiger partial charge in [-0.3, -0.25) is 4.57 Å². The van der Waals surface area contributed by atoms with E-state index in [-0.39, 0.29) is 0 Å². The van der Waals surface area contributed by atoms with E-state index in [1.54, 1.807) is 0 Å². The van der Waals surface area contributed by atoms with Gasteiger partial charge in [0.2, 0.25) is 0 Å². The van der Waals surface area contributed by atoms with Crippen LogP contribution in [0.3, 0.4) is 0 Å². The molecule has 0 aliphatic carbocycles. The lowest BCUT2D eigenvalue weighted by atomic mass is 10.0. The van der Waals surface area contributed by atoms with Crippen LogP contribution in [0.2, 0.25) is 0 Å². The van der Waals surface area contributed by atoms with Crippen molar-refractivity contribution in [2.24, 2.45) is 0 Å². The van der Waals surface area contributed by atoms with Gasteiger partial charge in [0.15, 0.2) is 5.65 Å². The maximum Gasteiger partial charge on any atom is 0.164 e. The molecule has 0 bridgehead atoms. The van der Waals surface area contributed by atoms with Crippen molar-refractivity contribution in [2.75, 3.05) is 0 Å². The Balaban J connectivity index is 2.34. The van der Waals surface area contributed by atoms with Crippen LogP contribution in [0.15, 0.2) is 36.5 Å². The van der Waals surface area contributed by atoms with Crippen molar-refractivity contribution in [1.82, 2.24) is 14.5 Å². The van der Waals surface area contributed by atoms with E-state index >= 15 is 0 Å². The first-order valence-electron chi connectivity index (χ1n) is 7.11. The summed E-state index contributed by atoms with van der Waals surface area (Å²) in [5.41, 5.74) is 5.24. The first-order valence-corrected chi connectivity index (χ1v) is 7.64. The topological polar surface area (TPSA) is 30.7 Å². The highest BCUT2D eigenvalue weighted by Gasteiger charge is 2.16. The second-order valence-electron chi connectivity index (χ2n) is 5.57. The van der Waals surface area contributed by atoms with Crippen molar-refractivity contribution in [3.63, 3.8) is 0 Å². The Morgan fingerprint density at radius 1 is 1.24 bits per heavy atom. The van der Waals surface area contributed by atoms with Crippen molar-refractivity contribution in [3.05, 3.63) is 53.5 Å². The zero-order chi connectivity index (χ0) is 15.0. The normalized spacial score (nSPS) is 11.5. The van der Waals surface area contributed by atoms with E-state index in [0.717, 1.165) is 28.2 Å². The molecule has 0 unspecified atom stereocenters. The summed E-state index contributed by atoms with van der Waals surface area (Å²) in [6.07, 6.45) is 1.87. The molecule has 2 heterocycles. The summed E-state index contributed by atoms with van der Waals surface area (Å²) in [5, 5.41) is 0. The maximum atomic E-state index is 6.11. The predicted molar refractivity (Wildman–Crippen MR) is 87.2 cm³/mol. The number of nitrogens with zero attached hydrogens (tertiary/aromatic N) is 3. The Labute approximate surface area is 129 Å². The van der Waals surface area contributed by atoms with E-state index < -0.39 is 0 Å². The number of fused-ring (bicyclic) bond motifs is 1. The molecular formula is C17H18ClN3. The van der Waals surface area contributed by atoms with Crippen LogP contribution in [0.1, 0.15) is 36.7 Å². The molecule has 0 N–H and O–H groups in total. The number of aromatic nitrogens is 3. The lowest BCUT2D eigenvalue weighted by Crippen LogP contribution is -2.05. The van der Waals surface area contributed by atoms with Crippen LogP contribution >= 0.6 is 11.6 Å². The van der Waals surface area contributed by atoms with Crippen LogP contribution in [0.5, 0.6) is 0 Å². The molecule has 108 valence electrons. The Bertz CT molecular complexity index is 790. The van der Waals surface area contributed by atoms with E-state index in [4.69, 9.17) is 11.6 Å². The smallest absolute Gasteiger partial charge is 0.164 e. The summed E-state index contributed by atoms with van der Waals surface area (Å²) in [6.45, 7) is 6.40. The molecule has 0 radical (unpaired) electrons. The molecule has 0 atom stereocenters. The molecule has 2 aromatic heterocycles. The minimum absolute atomic E-state index is 0.363. The molecule has 0 amide bonds. The van der Waals surface area contributed by atoms with Gasteiger partial charge in [0.05, 0.1) is 11.6 Å². The molecule has 0 spiro atoms. The summed E-state index contributed by atoms with van der Waals surface area (Å²) >= 11 is 6.11. The molecule has 21 heavy (non-hydrogen) atoms. The summed E-state index contributed by atoms with van der Waals surface area (Å²) < 4.78 is 2.08. The second-order valence-corrected chi connectivity index (χ2v) is 5.83. The molecule has 4 heteroatoms. The fraction of sp³-hybridized carbons (Fsp3) is 0.294. The summed E-state index contributed by atoms with van der Waals surface area (Å²) in [6, 6.07) is 10.4. The summed E-state index contributed by atoms with van der Waals surface area (Å²) in [5.74, 6) is 1.62. The maximum absolute atomic E-state index is 6.11. The van der Waals surface area contributed by atoms with Gasteiger partial charge >= 0.3 is 0 Å². The fourth-order valence-electron chi connectivity index (χ4n) is 2.63. The second kappa shape index (κ2) is 5.49. The van der Waals surface area contributed by atoms with E-state index in [2.05, 4.69) is 46.6 Å². The van der Waals surface area contributed by atoms with E-state index in [1.165, 1.54) is 5.56 Å². The van der Waals surface area contributed by atoms with Crippen molar-refractivity contribution in [3.8, 4) is 5.69 Å². The van der Waals surface area contributed by atoms with Crippen molar-refractivity contribution < 1.29 is 0 Å². The highest BCUT2D eigenvalue weighted by molar-refractivity contribution is 6.16. The van der Waals surface area contributed by atoms with Gasteiger partial charge in [-0.2, -0.15) is 0 Å². The molecule has 0 aliphatic heterocycles. The highest BCUT2D eigenvalue weighted by Crippen LogP contribution is 2.28. The van der Waals surface area contributed by atoms with Crippen molar-refractivity contribution in [2.45, 2.75) is 32.6 Å². The molecule has 3 aromatic rings. The predicted octanol–water partition coefficient (Wildman–Crippen LogP) is 4.59. The Morgan fingerprint density at radius 3 is 2.71 bits per heavy atom. The average Bonchev–Trinajstić information content (AvgIpc) is 2.84. The van der Waals surface area contributed by atoms with Crippen LogP contribution in [-0.2, 0) is 5.88 Å². The number of hydrogen-bond donors (Lipinski definition) is 0. The minimum atomic E-state index is 0.363. The van der Waals surface area contributed by atoms with Crippen LogP contribution in [0, 0.1) is 6.92 Å². The van der Waals surface area contributed by atoms with Gasteiger partial charge in [0.1, 0.15) is 11.3 Å². The van der Waals surface area contributed by atoms with Crippen LogP contribution in [-0.4, -0.2) is 14.5 Å². The summed E-state index contributed by atoms with van der Waals surface area (Å²) in [7, 11) is 0. The van der Waals surface area contributed by atoms with Gasteiger partial charge in [0, 0.05) is 6.20 Å². The SMILES string of the molecule is Cc1cnc2c(c1)nc(CCl)n2-c1ccccc1C(C)C. The quantitative estimate of drug-likeness (QED) is 0.662. The average molecular weight is 300 g/mol. The van der Waals surface area contributed by atoms with E-state index in [9.17, 15) is 0 Å². The number of alkyl halides is 1. The lowest BCUT2D eigenvalue weighted by molar-refractivity contribution is 0.839. The molecule has 3 rings (SSSR count). The number of imidazole rings is 1. The minimum Gasteiger partial charge on any atom is -0.279 e. The number of halogens is 1. The van der Waals surface area contributed by atoms with Gasteiger partial charge in [0.25, 0.3) is 0 Å². The molecule has 0 saturated heterocycles. The molecule has 0 saturated carbocycles. The Hall–Kier alpha value is -1.87. The number of para-hydroxylation sites is 1. The van der Waals surface area contributed by atoms with Gasteiger partial charge in [-0.25, -0.2) is 9.97 Å². The van der Waals surface area contributed by atoms with Gasteiger partial charge in [-0.05, 0) is 36.1 Å². The van der Waals surface area contributed by atoms with Crippen LogP contribution in [0.4, 0.5) is 0 Å². The zero-order valence-corrected chi connectivity index (χ0v) is 13.2. The van der Waals surface area contributed by atoms with Crippen molar-refractivity contribution in [1.29, 1.82) is 0 Å². The monoisotopic (exact) mass is 299 g/mol. The third kappa shape index (κ3) is 2.42. The number of benzene rings is 1. The summed E-state index contributed by atoms with van der Waals surface area (Å²) in [4.78, 5) is 9.21. The first-order chi connectivity index (χ1) is 10.1.